The van der Waals surface area contributed by atoms with Gasteiger partial charge in [-0.25, -0.2) is 13.1 Å². The average molecular weight is 310 g/mol. The van der Waals surface area contributed by atoms with Gasteiger partial charge in [0, 0.05) is 12.6 Å². The average Bonchev–Trinajstić information content (AvgIpc) is 3.07. The first kappa shape index (κ1) is 14.8. The summed E-state index contributed by atoms with van der Waals surface area (Å²) < 4.78 is 33.1. The van der Waals surface area contributed by atoms with Crippen molar-refractivity contribution < 1.29 is 13.2 Å². The predicted molar refractivity (Wildman–Crippen MR) is 80.5 cm³/mol. The first-order valence-corrected chi connectivity index (χ1v) is 9.02. The first-order valence-electron chi connectivity index (χ1n) is 7.54. The number of nitrogens with one attached hydrogen (secondary N) is 1. The van der Waals surface area contributed by atoms with E-state index in [2.05, 4.69) is 4.72 Å². The van der Waals surface area contributed by atoms with Crippen LogP contribution in [-0.4, -0.2) is 27.6 Å². The predicted octanol–water partition coefficient (Wildman–Crippen LogP) is 1.49. The van der Waals surface area contributed by atoms with Crippen molar-refractivity contribution in [3.63, 3.8) is 0 Å². The molecular weight excluding hydrogens is 288 g/mol. The molecule has 2 aliphatic rings. The van der Waals surface area contributed by atoms with E-state index in [0.29, 0.717) is 29.7 Å². The molecule has 1 aromatic carbocycles. The van der Waals surface area contributed by atoms with Gasteiger partial charge in [-0.15, -0.1) is 0 Å². The second kappa shape index (κ2) is 5.94. The normalized spacial score (nSPS) is 28.0. The Bertz CT molecular complexity index is 585. The fourth-order valence-corrected chi connectivity index (χ4v) is 4.87. The molecule has 0 aromatic heterocycles. The second-order valence-corrected chi connectivity index (χ2v) is 7.73. The second-order valence-electron chi connectivity index (χ2n) is 6.01. The van der Waals surface area contributed by atoms with Crippen molar-refractivity contribution in [2.75, 3.05) is 13.2 Å². The fraction of sp³-hybridized carbons (Fsp3) is 0.600. The topological polar surface area (TPSA) is 81.4 Å². The zero-order chi connectivity index (χ0) is 14.9. The van der Waals surface area contributed by atoms with Crippen molar-refractivity contribution in [1.29, 1.82) is 0 Å². The minimum Gasteiger partial charge on any atom is -0.492 e. The van der Waals surface area contributed by atoms with E-state index in [9.17, 15) is 8.42 Å². The van der Waals surface area contributed by atoms with E-state index in [-0.39, 0.29) is 6.04 Å². The molecular formula is C15H22N2O3S. The van der Waals surface area contributed by atoms with Gasteiger partial charge in [-0.2, -0.15) is 0 Å². The van der Waals surface area contributed by atoms with E-state index in [1.807, 2.05) is 0 Å². The van der Waals surface area contributed by atoms with Gasteiger partial charge in [0.2, 0.25) is 10.0 Å². The van der Waals surface area contributed by atoms with Crippen LogP contribution in [0, 0.1) is 11.8 Å². The smallest absolute Gasteiger partial charge is 0.240 e. The highest BCUT2D eigenvalue weighted by molar-refractivity contribution is 7.89. The number of rotatable bonds is 6. The minimum absolute atomic E-state index is 0.113. The molecule has 2 aliphatic carbocycles. The molecule has 0 heterocycles. The van der Waals surface area contributed by atoms with E-state index in [1.165, 1.54) is 12.8 Å². The number of sulfonamides is 1. The summed E-state index contributed by atoms with van der Waals surface area (Å²) in [6, 6.07) is 6.63. The minimum atomic E-state index is -3.43. The van der Waals surface area contributed by atoms with Crippen LogP contribution in [0.25, 0.3) is 0 Å². The summed E-state index contributed by atoms with van der Waals surface area (Å²) in [4.78, 5) is 0.297. The molecule has 5 nitrogen and oxygen atoms in total. The van der Waals surface area contributed by atoms with E-state index < -0.39 is 10.0 Å². The van der Waals surface area contributed by atoms with Crippen molar-refractivity contribution in [2.24, 2.45) is 17.6 Å². The molecule has 3 rings (SSSR count). The summed E-state index contributed by atoms with van der Waals surface area (Å²) >= 11 is 0. The SMILES string of the molecule is NCCOc1ccc(S(=O)(=O)NC2CC3CCC2C3)cc1. The third-order valence-electron chi connectivity index (χ3n) is 4.57. The van der Waals surface area contributed by atoms with E-state index in [4.69, 9.17) is 10.5 Å². The molecule has 0 amide bonds. The lowest BCUT2D eigenvalue weighted by Crippen LogP contribution is -2.38. The van der Waals surface area contributed by atoms with Crippen molar-refractivity contribution in [3.8, 4) is 5.75 Å². The third kappa shape index (κ3) is 3.22. The maximum Gasteiger partial charge on any atom is 0.240 e. The van der Waals surface area contributed by atoms with Gasteiger partial charge in [0.05, 0.1) is 4.90 Å². The molecule has 3 N–H and O–H groups in total. The molecule has 3 atom stereocenters. The maximum atomic E-state index is 12.4. The molecule has 116 valence electrons. The highest BCUT2D eigenvalue weighted by Crippen LogP contribution is 2.44. The zero-order valence-electron chi connectivity index (χ0n) is 12.0. The van der Waals surface area contributed by atoms with Crippen molar-refractivity contribution in [2.45, 2.75) is 36.6 Å². The van der Waals surface area contributed by atoms with Gasteiger partial charge in [0.25, 0.3) is 0 Å². The van der Waals surface area contributed by atoms with Crippen molar-refractivity contribution >= 4 is 10.0 Å². The fourth-order valence-electron chi connectivity index (χ4n) is 3.55. The summed E-state index contributed by atoms with van der Waals surface area (Å²) in [7, 11) is -3.43. The van der Waals surface area contributed by atoms with Gasteiger partial charge < -0.3 is 10.5 Å². The Morgan fingerprint density at radius 1 is 1.19 bits per heavy atom. The molecule has 2 saturated carbocycles. The van der Waals surface area contributed by atoms with Crippen LogP contribution in [0.5, 0.6) is 5.75 Å². The van der Waals surface area contributed by atoms with Crippen molar-refractivity contribution in [3.05, 3.63) is 24.3 Å². The number of hydrogen-bond donors (Lipinski definition) is 2. The highest BCUT2D eigenvalue weighted by atomic mass is 32.2. The molecule has 2 bridgehead atoms. The molecule has 6 heteroatoms. The zero-order valence-corrected chi connectivity index (χ0v) is 12.8. The van der Waals surface area contributed by atoms with Gasteiger partial charge >= 0.3 is 0 Å². The Balaban J connectivity index is 1.67. The molecule has 0 aliphatic heterocycles. The molecule has 2 fully saturated rings. The quantitative estimate of drug-likeness (QED) is 0.834. The van der Waals surface area contributed by atoms with Crippen LogP contribution in [-0.2, 0) is 10.0 Å². The first-order chi connectivity index (χ1) is 10.1. The van der Waals surface area contributed by atoms with Crippen LogP contribution >= 0.6 is 0 Å². The molecule has 0 saturated heterocycles. The van der Waals surface area contributed by atoms with E-state index >= 15 is 0 Å². The number of fused-ring (bicyclic) bond motifs is 2. The Hall–Kier alpha value is -1.11. The number of ether oxygens (including phenoxy) is 1. The van der Waals surface area contributed by atoms with Crippen LogP contribution in [0.1, 0.15) is 25.7 Å². The van der Waals surface area contributed by atoms with Crippen molar-refractivity contribution in [1.82, 2.24) is 4.72 Å². The maximum absolute atomic E-state index is 12.4. The Labute approximate surface area is 125 Å². The van der Waals surface area contributed by atoms with Gasteiger partial charge in [-0.3, -0.25) is 0 Å². The summed E-state index contributed by atoms with van der Waals surface area (Å²) in [6.07, 6.45) is 4.58. The molecule has 0 spiro atoms. The van der Waals surface area contributed by atoms with E-state index in [1.54, 1.807) is 24.3 Å². The summed E-state index contributed by atoms with van der Waals surface area (Å²) in [5.74, 6) is 1.88. The Kier molecular flexibility index (Phi) is 4.19. The lowest BCUT2D eigenvalue weighted by Gasteiger charge is -2.22. The Morgan fingerprint density at radius 2 is 1.95 bits per heavy atom. The molecule has 3 unspecified atom stereocenters. The van der Waals surface area contributed by atoms with Gasteiger partial charge in [-0.1, -0.05) is 6.42 Å². The lowest BCUT2D eigenvalue weighted by atomic mass is 9.96. The Morgan fingerprint density at radius 3 is 2.52 bits per heavy atom. The summed E-state index contributed by atoms with van der Waals surface area (Å²) in [5.41, 5.74) is 5.37. The number of hydrogen-bond acceptors (Lipinski definition) is 4. The monoisotopic (exact) mass is 310 g/mol. The van der Waals surface area contributed by atoms with Gasteiger partial charge in [0.15, 0.2) is 0 Å². The molecule has 0 radical (unpaired) electrons. The van der Waals surface area contributed by atoms with Crippen LogP contribution in [0.2, 0.25) is 0 Å². The van der Waals surface area contributed by atoms with E-state index in [0.717, 1.165) is 18.8 Å². The third-order valence-corrected chi connectivity index (χ3v) is 6.07. The standard InChI is InChI=1S/C15H22N2O3S/c16-7-8-20-13-3-5-14(6-4-13)21(18,19)17-15-10-11-1-2-12(15)9-11/h3-6,11-12,15,17H,1-2,7-10,16H2. The van der Waals surface area contributed by atoms with Gasteiger partial charge in [0.1, 0.15) is 12.4 Å². The lowest BCUT2D eigenvalue weighted by molar-refractivity contribution is 0.328. The summed E-state index contributed by atoms with van der Waals surface area (Å²) in [5, 5.41) is 0. The number of benzene rings is 1. The van der Waals surface area contributed by atoms with Crippen LogP contribution in [0.3, 0.4) is 0 Å². The molecule has 21 heavy (non-hydrogen) atoms. The van der Waals surface area contributed by atoms with Gasteiger partial charge in [-0.05, 0) is 55.4 Å². The number of nitrogens with two attached hydrogens (primary N) is 1. The highest BCUT2D eigenvalue weighted by Gasteiger charge is 2.41. The van der Waals surface area contributed by atoms with Crippen LogP contribution in [0.15, 0.2) is 29.2 Å². The van der Waals surface area contributed by atoms with Crippen LogP contribution in [0.4, 0.5) is 0 Å². The molecule has 1 aromatic rings. The largest absolute Gasteiger partial charge is 0.492 e. The van der Waals surface area contributed by atoms with Crippen LogP contribution < -0.4 is 15.2 Å². The summed E-state index contributed by atoms with van der Waals surface area (Å²) in [6.45, 7) is 0.862.